The topological polar surface area (TPSA) is 105 Å². The molecule has 232 valence electrons. The normalized spacial score (nSPS) is 14.6. The number of carbonyl (C=O) groups excluding carboxylic acids is 2. The smallest absolute Gasteiger partial charge is 0.278 e. The van der Waals surface area contributed by atoms with Gasteiger partial charge in [-0.15, -0.1) is 11.6 Å². The summed E-state index contributed by atoms with van der Waals surface area (Å²) in [5.74, 6) is 0.459. The van der Waals surface area contributed by atoms with Crippen LogP contribution in [-0.4, -0.2) is 58.0 Å². The van der Waals surface area contributed by atoms with Crippen molar-refractivity contribution in [2.24, 2.45) is 0 Å². The van der Waals surface area contributed by atoms with Crippen molar-refractivity contribution in [1.82, 2.24) is 9.38 Å². The molecule has 3 heterocycles. The van der Waals surface area contributed by atoms with Gasteiger partial charge in [0, 0.05) is 67.9 Å². The molecule has 1 aliphatic heterocycles. The van der Waals surface area contributed by atoms with Gasteiger partial charge in [0.2, 0.25) is 0 Å². The van der Waals surface area contributed by atoms with Gasteiger partial charge >= 0.3 is 0 Å². The Bertz CT molecular complexity index is 1920. The van der Waals surface area contributed by atoms with Crippen molar-refractivity contribution in [1.29, 1.82) is 0 Å². The molecule has 0 spiro atoms. The summed E-state index contributed by atoms with van der Waals surface area (Å²) in [7, 11) is 1.66. The van der Waals surface area contributed by atoms with Crippen LogP contribution in [0.5, 0.6) is 11.5 Å². The molecule has 2 N–H and O–H groups in total. The van der Waals surface area contributed by atoms with E-state index in [0.29, 0.717) is 47.4 Å². The Morgan fingerprint density at radius 2 is 1.89 bits per heavy atom. The van der Waals surface area contributed by atoms with Gasteiger partial charge in [-0.2, -0.15) is 0 Å². The van der Waals surface area contributed by atoms with E-state index in [0.717, 1.165) is 28.3 Å². The van der Waals surface area contributed by atoms with Gasteiger partial charge in [-0.05, 0) is 73.7 Å². The number of anilines is 2. The van der Waals surface area contributed by atoms with Gasteiger partial charge in [0.25, 0.3) is 11.8 Å². The Balaban J connectivity index is 1.20. The van der Waals surface area contributed by atoms with Gasteiger partial charge in [-0.1, -0.05) is 18.2 Å². The number of amides is 2. The lowest BCUT2D eigenvalue weighted by Gasteiger charge is -2.26. The number of hydrogen-bond donors (Lipinski definition) is 2. The van der Waals surface area contributed by atoms with E-state index in [1.54, 1.807) is 71.3 Å². The molecule has 0 saturated heterocycles. The van der Waals surface area contributed by atoms with E-state index < -0.39 is 5.60 Å². The summed E-state index contributed by atoms with van der Waals surface area (Å²) in [5.41, 5.74) is 4.04. The van der Waals surface area contributed by atoms with Crippen molar-refractivity contribution in [2.75, 3.05) is 36.4 Å². The lowest BCUT2D eigenvalue weighted by Crippen LogP contribution is -2.30. The number of pyridine rings is 1. The highest BCUT2D eigenvalue weighted by Gasteiger charge is 2.36. The summed E-state index contributed by atoms with van der Waals surface area (Å²) in [5, 5.41) is 15.4. The average Bonchev–Trinajstić information content (AvgIpc) is 3.61. The third-order valence-electron chi connectivity index (χ3n) is 8.25. The summed E-state index contributed by atoms with van der Waals surface area (Å²) in [4.78, 5) is 33.0. The third kappa shape index (κ3) is 5.93. The summed E-state index contributed by atoms with van der Waals surface area (Å²) < 4.78 is 12.9. The van der Waals surface area contributed by atoms with Crippen molar-refractivity contribution in [2.45, 2.75) is 38.7 Å². The Hall–Kier alpha value is -4.60. The molecule has 10 heteroatoms. The van der Waals surface area contributed by atoms with Gasteiger partial charge in [-0.3, -0.25) is 9.59 Å². The maximum atomic E-state index is 13.8. The zero-order valence-corrected chi connectivity index (χ0v) is 26.4. The third-order valence-corrected chi connectivity index (χ3v) is 8.62. The zero-order valence-electron chi connectivity index (χ0n) is 25.6. The second kappa shape index (κ2) is 12.1. The second-order valence-electron chi connectivity index (χ2n) is 12.0. The standard InChI is InChI=1S/C35H35ClN4O5/c1-21-6-5-7-26-29(41)16-28-32(31(21)26)23(17-36)18-40(28)34(43)27-20-39-19-24(10-13-30(39)38-27)37-33(42)22-8-11-25(12-9-22)45-35(2,3)14-15-44-4/h5-13,16,19-20,23,41H,14-15,17-18H2,1-4H3,(H,37,42). The van der Waals surface area contributed by atoms with Crippen LogP contribution in [0.25, 0.3) is 16.4 Å². The van der Waals surface area contributed by atoms with Gasteiger partial charge in [-0.25, -0.2) is 4.98 Å². The lowest BCUT2D eigenvalue weighted by molar-refractivity contribution is 0.0630. The van der Waals surface area contributed by atoms with Crippen molar-refractivity contribution in [3.05, 3.63) is 95.4 Å². The first-order valence-electron chi connectivity index (χ1n) is 14.8. The van der Waals surface area contributed by atoms with Crippen molar-refractivity contribution in [3.63, 3.8) is 0 Å². The van der Waals surface area contributed by atoms with E-state index in [9.17, 15) is 14.7 Å². The number of phenols is 1. The highest BCUT2D eigenvalue weighted by Crippen LogP contribution is 2.46. The molecule has 45 heavy (non-hydrogen) atoms. The predicted molar refractivity (Wildman–Crippen MR) is 176 cm³/mol. The number of nitrogens with one attached hydrogen (secondary N) is 1. The second-order valence-corrected chi connectivity index (χ2v) is 12.3. The van der Waals surface area contributed by atoms with Crippen LogP contribution in [0.15, 0.2) is 73.1 Å². The van der Waals surface area contributed by atoms with E-state index in [2.05, 4.69) is 10.3 Å². The summed E-state index contributed by atoms with van der Waals surface area (Å²) in [6.45, 7) is 6.95. The number of alkyl halides is 1. The maximum Gasteiger partial charge on any atom is 0.278 e. The van der Waals surface area contributed by atoms with E-state index >= 15 is 0 Å². The van der Waals surface area contributed by atoms with Crippen LogP contribution in [0.4, 0.5) is 11.4 Å². The fourth-order valence-corrected chi connectivity index (χ4v) is 6.17. The molecule has 2 aromatic heterocycles. The molecule has 0 fully saturated rings. The van der Waals surface area contributed by atoms with Gasteiger partial charge in [0.1, 0.15) is 28.4 Å². The Labute approximate surface area is 266 Å². The number of aromatic nitrogens is 2. The van der Waals surface area contributed by atoms with Crippen LogP contribution < -0.4 is 15.0 Å². The SMILES string of the molecule is COCCC(C)(C)Oc1ccc(C(=O)Nc2ccc3nc(C(=O)N4CC(CCl)c5c4cc(O)c4cccc(C)c54)cn3c2)cc1. The monoisotopic (exact) mass is 626 g/mol. The Morgan fingerprint density at radius 1 is 1.11 bits per heavy atom. The fourth-order valence-electron chi connectivity index (χ4n) is 5.92. The number of nitrogens with zero attached hydrogens (tertiary/aromatic N) is 3. The predicted octanol–water partition coefficient (Wildman–Crippen LogP) is 6.93. The highest BCUT2D eigenvalue weighted by atomic mass is 35.5. The summed E-state index contributed by atoms with van der Waals surface area (Å²) >= 11 is 6.40. The Kier molecular flexibility index (Phi) is 8.16. The quantitative estimate of drug-likeness (QED) is 0.172. The largest absolute Gasteiger partial charge is 0.507 e. The molecule has 1 atom stereocenters. The minimum atomic E-state index is -0.403. The molecule has 0 radical (unpaired) electrons. The number of halogens is 1. The van der Waals surface area contributed by atoms with Crippen molar-refractivity contribution in [3.8, 4) is 11.5 Å². The van der Waals surface area contributed by atoms with E-state index in [1.165, 1.54) is 0 Å². The first kappa shape index (κ1) is 30.4. The molecule has 1 unspecified atom stereocenters. The number of fused-ring (bicyclic) bond motifs is 4. The number of benzene rings is 3. The van der Waals surface area contributed by atoms with E-state index in [1.807, 2.05) is 39.0 Å². The van der Waals surface area contributed by atoms with E-state index in [-0.39, 0.29) is 29.2 Å². The van der Waals surface area contributed by atoms with Crippen LogP contribution in [0.2, 0.25) is 0 Å². The van der Waals surface area contributed by atoms with Gasteiger partial charge in [0.05, 0.1) is 11.4 Å². The molecular weight excluding hydrogens is 592 g/mol. The molecule has 2 amide bonds. The van der Waals surface area contributed by atoms with Crippen molar-refractivity contribution < 1.29 is 24.2 Å². The number of aromatic hydroxyl groups is 1. The molecule has 6 rings (SSSR count). The number of aryl methyl sites for hydroxylation is 1. The molecule has 0 aliphatic carbocycles. The van der Waals surface area contributed by atoms with Crippen LogP contribution in [-0.2, 0) is 4.74 Å². The molecule has 0 saturated carbocycles. The summed E-state index contributed by atoms with van der Waals surface area (Å²) in [6.07, 6.45) is 4.09. The number of phenolic OH excluding ortho intramolecular Hbond substituents is 1. The lowest BCUT2D eigenvalue weighted by atomic mass is 9.92. The first-order valence-corrected chi connectivity index (χ1v) is 15.3. The Morgan fingerprint density at radius 3 is 2.62 bits per heavy atom. The number of methoxy groups -OCH3 is 1. The highest BCUT2D eigenvalue weighted by molar-refractivity contribution is 6.19. The van der Waals surface area contributed by atoms with Crippen LogP contribution in [0.3, 0.4) is 0 Å². The number of carbonyl (C=O) groups is 2. The molecular formula is C35H35ClN4O5. The number of hydrogen-bond acceptors (Lipinski definition) is 6. The minimum Gasteiger partial charge on any atom is -0.507 e. The molecule has 9 nitrogen and oxygen atoms in total. The number of imidazole rings is 1. The minimum absolute atomic E-state index is 0.0866. The van der Waals surface area contributed by atoms with Crippen LogP contribution >= 0.6 is 11.6 Å². The molecule has 3 aromatic carbocycles. The van der Waals surface area contributed by atoms with Crippen molar-refractivity contribution >= 4 is 51.2 Å². The van der Waals surface area contributed by atoms with E-state index in [4.69, 9.17) is 21.1 Å². The molecule has 5 aromatic rings. The molecule has 1 aliphatic rings. The molecule has 0 bridgehead atoms. The number of rotatable bonds is 9. The maximum absolute atomic E-state index is 13.8. The van der Waals surface area contributed by atoms with Crippen LogP contribution in [0.1, 0.15) is 58.2 Å². The fraction of sp³-hybridized carbons (Fsp3) is 0.286. The number of ether oxygens (including phenoxy) is 2. The zero-order chi connectivity index (χ0) is 31.9. The van der Waals surface area contributed by atoms with Gasteiger partial charge in [0.15, 0.2) is 0 Å². The average molecular weight is 627 g/mol. The van der Waals surface area contributed by atoms with Gasteiger partial charge < -0.3 is 29.2 Å². The first-order chi connectivity index (χ1) is 21.6. The van der Waals surface area contributed by atoms with Crippen LogP contribution in [0, 0.1) is 6.92 Å². The summed E-state index contributed by atoms with van der Waals surface area (Å²) in [6, 6.07) is 17.9.